The molecule has 5 heteroatoms. The zero-order chi connectivity index (χ0) is 24.7. The number of allylic oxidation sites excluding steroid dienone is 1. The molecule has 0 bridgehead atoms. The normalized spacial score (nSPS) is 17.8. The zero-order valence-corrected chi connectivity index (χ0v) is 20.4. The Labute approximate surface area is 214 Å². The van der Waals surface area contributed by atoms with Gasteiger partial charge in [-0.1, -0.05) is 96.7 Å². The fourth-order valence-corrected chi connectivity index (χ4v) is 6.64. The summed E-state index contributed by atoms with van der Waals surface area (Å²) in [6.45, 7) is 0. The molecule has 0 N–H and O–H groups in total. The number of para-hydroxylation sites is 1. The third-order valence-electron chi connectivity index (χ3n) is 7.04. The first-order chi connectivity index (χ1) is 17.7. The summed E-state index contributed by atoms with van der Waals surface area (Å²) in [5, 5.41) is 11.4. The number of benzene rings is 4. The number of hydrogen-bond donors (Lipinski definition) is 0. The molecule has 0 aromatic heterocycles. The summed E-state index contributed by atoms with van der Waals surface area (Å²) in [5.41, 5.74) is 2.83. The van der Waals surface area contributed by atoms with E-state index in [0.717, 1.165) is 33.0 Å². The van der Waals surface area contributed by atoms with Crippen LogP contribution in [-0.2, 0) is 10.2 Å². The Morgan fingerprint density at radius 1 is 0.833 bits per heavy atom. The highest BCUT2D eigenvalue weighted by Gasteiger charge is 2.58. The summed E-state index contributed by atoms with van der Waals surface area (Å²) in [6, 6.07) is 37.8. The van der Waals surface area contributed by atoms with Crippen molar-refractivity contribution in [2.45, 2.75) is 16.2 Å². The Hall–Kier alpha value is -4.27. The molecule has 0 saturated heterocycles. The molecule has 2 heterocycles. The smallest absolute Gasteiger partial charge is 0.248 e. The van der Waals surface area contributed by atoms with E-state index in [0.29, 0.717) is 10.6 Å². The van der Waals surface area contributed by atoms with Crippen molar-refractivity contribution in [1.29, 1.82) is 5.26 Å². The van der Waals surface area contributed by atoms with Crippen LogP contribution in [0.3, 0.4) is 0 Å². The highest BCUT2D eigenvalue weighted by molar-refractivity contribution is 8.03. The van der Waals surface area contributed by atoms with Gasteiger partial charge in [-0.15, -0.1) is 0 Å². The van der Waals surface area contributed by atoms with E-state index < -0.39 is 11.3 Å². The Morgan fingerprint density at radius 3 is 2.00 bits per heavy atom. The summed E-state index contributed by atoms with van der Waals surface area (Å²) >= 11 is 1.49. The van der Waals surface area contributed by atoms with Gasteiger partial charge in [0, 0.05) is 10.8 Å². The lowest BCUT2D eigenvalue weighted by atomic mass is 9.59. The van der Waals surface area contributed by atoms with Crippen LogP contribution in [0, 0.1) is 11.3 Å². The molecule has 4 aromatic carbocycles. The van der Waals surface area contributed by atoms with Gasteiger partial charge in [-0.25, -0.2) is 0 Å². The van der Waals surface area contributed by atoms with Gasteiger partial charge in [0.05, 0.1) is 24.4 Å². The van der Waals surface area contributed by atoms with Gasteiger partial charge in [0.15, 0.2) is 0 Å². The molecule has 2 aliphatic rings. The Balaban J connectivity index is 1.74. The summed E-state index contributed by atoms with van der Waals surface area (Å²) in [4.78, 5) is 17.7. The van der Waals surface area contributed by atoms with Crippen LogP contribution in [0.2, 0.25) is 0 Å². The van der Waals surface area contributed by atoms with Crippen molar-refractivity contribution in [3.05, 3.63) is 136 Å². The SMILES string of the molecule is COc1ccc(C2C(C#N)=C3Sc4ccccc4N3C(=O)C2(c2ccccc2)c2ccccc2)cc1. The molecule has 36 heavy (non-hydrogen) atoms. The largest absolute Gasteiger partial charge is 0.497 e. The fourth-order valence-electron chi connectivity index (χ4n) is 5.48. The summed E-state index contributed by atoms with van der Waals surface area (Å²) in [6.07, 6.45) is 0. The standard InChI is InChI=1S/C31H22N2O2S/c1-35-24-18-16-21(17-19-24)28-25(20-32)29-33(26-14-8-9-15-27(26)36-29)30(34)31(28,22-10-4-2-5-11-22)23-12-6-3-7-13-23/h2-19,28H,1H3. The Kier molecular flexibility index (Phi) is 5.40. The molecule has 6 rings (SSSR count). The van der Waals surface area contributed by atoms with Crippen molar-refractivity contribution in [2.24, 2.45) is 0 Å². The van der Waals surface area contributed by atoms with E-state index in [4.69, 9.17) is 4.74 Å². The molecule has 174 valence electrons. The van der Waals surface area contributed by atoms with Crippen molar-refractivity contribution in [1.82, 2.24) is 0 Å². The fraction of sp³-hybridized carbons (Fsp3) is 0.0968. The summed E-state index contributed by atoms with van der Waals surface area (Å²) < 4.78 is 5.41. The first kappa shape index (κ1) is 22.2. The van der Waals surface area contributed by atoms with E-state index in [1.54, 1.807) is 12.0 Å². The molecule has 0 aliphatic carbocycles. The highest BCUT2D eigenvalue weighted by Crippen LogP contribution is 2.60. The predicted octanol–water partition coefficient (Wildman–Crippen LogP) is 6.65. The number of thioether (sulfide) groups is 1. The number of hydrogen-bond acceptors (Lipinski definition) is 4. The van der Waals surface area contributed by atoms with Gasteiger partial charge in [-0.3, -0.25) is 9.69 Å². The minimum absolute atomic E-state index is 0.0628. The number of ether oxygens (including phenoxy) is 1. The maximum Gasteiger partial charge on any atom is 0.248 e. The minimum Gasteiger partial charge on any atom is -0.497 e. The van der Waals surface area contributed by atoms with Crippen LogP contribution in [0.1, 0.15) is 22.6 Å². The van der Waals surface area contributed by atoms with E-state index >= 15 is 4.79 Å². The number of carbonyl (C=O) groups is 1. The third kappa shape index (κ3) is 3.12. The second-order valence-corrected chi connectivity index (χ2v) is 9.82. The van der Waals surface area contributed by atoms with Crippen LogP contribution in [-0.4, -0.2) is 13.0 Å². The van der Waals surface area contributed by atoms with Crippen LogP contribution in [0.4, 0.5) is 5.69 Å². The lowest BCUT2D eigenvalue weighted by Crippen LogP contribution is -2.54. The van der Waals surface area contributed by atoms with Crippen molar-refractivity contribution in [3.8, 4) is 11.8 Å². The maximum atomic E-state index is 15.0. The molecule has 1 amide bonds. The molecule has 0 saturated carbocycles. The van der Waals surface area contributed by atoms with Gasteiger partial charge in [0.25, 0.3) is 0 Å². The molecule has 1 unspecified atom stereocenters. The summed E-state index contributed by atoms with van der Waals surface area (Å²) in [5.74, 6) is 0.132. The number of amides is 1. The molecule has 0 fully saturated rings. The molecule has 4 aromatic rings. The lowest BCUT2D eigenvalue weighted by molar-refractivity contribution is -0.123. The predicted molar refractivity (Wildman–Crippen MR) is 142 cm³/mol. The molecular weight excluding hydrogens is 464 g/mol. The number of nitriles is 1. The number of carbonyl (C=O) groups excluding carboxylic acids is 1. The first-order valence-electron chi connectivity index (χ1n) is 11.7. The average molecular weight is 487 g/mol. The van der Waals surface area contributed by atoms with Crippen molar-refractivity contribution < 1.29 is 9.53 Å². The van der Waals surface area contributed by atoms with E-state index in [-0.39, 0.29) is 5.91 Å². The van der Waals surface area contributed by atoms with Gasteiger partial charge >= 0.3 is 0 Å². The van der Waals surface area contributed by atoms with Crippen LogP contribution in [0.15, 0.2) is 125 Å². The number of nitrogens with zero attached hydrogens (tertiary/aromatic N) is 2. The molecular formula is C31H22N2O2S. The van der Waals surface area contributed by atoms with Gasteiger partial charge < -0.3 is 4.74 Å². The zero-order valence-electron chi connectivity index (χ0n) is 19.6. The van der Waals surface area contributed by atoms with E-state index in [9.17, 15) is 5.26 Å². The van der Waals surface area contributed by atoms with E-state index in [1.165, 1.54) is 11.8 Å². The van der Waals surface area contributed by atoms with Gasteiger partial charge in [-0.2, -0.15) is 5.26 Å². The van der Waals surface area contributed by atoms with Crippen LogP contribution in [0.5, 0.6) is 5.75 Å². The van der Waals surface area contributed by atoms with E-state index in [2.05, 4.69) is 6.07 Å². The van der Waals surface area contributed by atoms with Crippen molar-refractivity contribution in [3.63, 3.8) is 0 Å². The second-order valence-electron chi connectivity index (χ2n) is 8.79. The number of methoxy groups -OCH3 is 1. The van der Waals surface area contributed by atoms with Gasteiger partial charge in [-0.05, 0) is 41.0 Å². The highest BCUT2D eigenvalue weighted by atomic mass is 32.2. The molecule has 0 spiro atoms. The van der Waals surface area contributed by atoms with Crippen molar-refractivity contribution in [2.75, 3.05) is 12.0 Å². The van der Waals surface area contributed by atoms with Gasteiger partial charge in [0.1, 0.15) is 16.2 Å². The van der Waals surface area contributed by atoms with Crippen molar-refractivity contribution >= 4 is 23.4 Å². The topological polar surface area (TPSA) is 53.3 Å². The quantitative estimate of drug-likeness (QED) is 0.324. The number of anilines is 1. The Bertz CT molecular complexity index is 1480. The number of rotatable bonds is 4. The van der Waals surface area contributed by atoms with E-state index in [1.807, 2.05) is 109 Å². The van der Waals surface area contributed by atoms with Crippen LogP contribution in [0.25, 0.3) is 0 Å². The average Bonchev–Trinajstić information content (AvgIpc) is 3.34. The molecule has 0 radical (unpaired) electrons. The van der Waals surface area contributed by atoms with Crippen LogP contribution >= 0.6 is 11.8 Å². The monoisotopic (exact) mass is 486 g/mol. The molecule has 1 atom stereocenters. The third-order valence-corrected chi connectivity index (χ3v) is 8.20. The maximum absolute atomic E-state index is 15.0. The number of fused-ring (bicyclic) bond motifs is 3. The van der Waals surface area contributed by atoms with Crippen LogP contribution < -0.4 is 9.64 Å². The Morgan fingerprint density at radius 2 is 1.42 bits per heavy atom. The van der Waals surface area contributed by atoms with Gasteiger partial charge in [0.2, 0.25) is 5.91 Å². The first-order valence-corrected chi connectivity index (χ1v) is 12.5. The summed E-state index contributed by atoms with van der Waals surface area (Å²) in [7, 11) is 1.63. The molecule has 2 aliphatic heterocycles. The molecule has 4 nitrogen and oxygen atoms in total. The minimum atomic E-state index is -1.15. The second kappa shape index (κ2) is 8.75. The lowest BCUT2D eigenvalue weighted by Gasteiger charge is -2.46.